The molecule has 0 nitrogen and oxygen atoms in total. The lowest BCUT2D eigenvalue weighted by molar-refractivity contribution is 0.814. The third-order valence-corrected chi connectivity index (χ3v) is 4.77. The van der Waals surface area contributed by atoms with Crippen molar-refractivity contribution >= 4 is 8.07 Å². The summed E-state index contributed by atoms with van der Waals surface area (Å²) in [6.07, 6.45) is 6.05. The maximum atomic E-state index is 3.41. The normalized spacial score (nSPS) is 11.9. The topological polar surface area (TPSA) is 0 Å². The average molecular weight is 256 g/mol. The summed E-state index contributed by atoms with van der Waals surface area (Å²) in [5.41, 5.74) is 1.11. The Kier molecular flexibility index (Phi) is 5.95. The molecule has 0 unspecified atom stereocenters. The van der Waals surface area contributed by atoms with Crippen LogP contribution < -0.4 is 0 Å². The van der Waals surface area contributed by atoms with Crippen molar-refractivity contribution in [3.05, 3.63) is 47.2 Å². The fourth-order valence-corrected chi connectivity index (χ4v) is 2.85. The van der Waals surface area contributed by atoms with Gasteiger partial charge in [-0.25, -0.2) is 0 Å². The van der Waals surface area contributed by atoms with Gasteiger partial charge in [-0.1, -0.05) is 75.5 Å². The molecule has 1 heteroatoms. The van der Waals surface area contributed by atoms with Gasteiger partial charge in [-0.3, -0.25) is 0 Å². The largest absolute Gasteiger partial charge is 0.0880 e. The van der Waals surface area contributed by atoms with E-state index in [4.69, 9.17) is 0 Å². The SMILES string of the molecule is CCCC/C=C(/C#Cc1ccccc1)[Si](C)(C)C. The van der Waals surface area contributed by atoms with Gasteiger partial charge >= 0.3 is 0 Å². The summed E-state index contributed by atoms with van der Waals surface area (Å²) in [5, 5.41) is 1.39. The summed E-state index contributed by atoms with van der Waals surface area (Å²) in [4.78, 5) is 0. The lowest BCUT2D eigenvalue weighted by atomic mass is 10.2. The van der Waals surface area contributed by atoms with E-state index in [1.54, 1.807) is 0 Å². The van der Waals surface area contributed by atoms with Gasteiger partial charge in [-0.05, 0) is 23.7 Å². The van der Waals surface area contributed by atoms with Crippen molar-refractivity contribution in [1.29, 1.82) is 0 Å². The molecule has 18 heavy (non-hydrogen) atoms. The molecule has 0 N–H and O–H groups in total. The number of allylic oxidation sites excluding steroid dienone is 2. The minimum atomic E-state index is -1.30. The molecule has 0 aliphatic carbocycles. The Morgan fingerprint density at radius 1 is 1.17 bits per heavy atom. The van der Waals surface area contributed by atoms with Crippen LogP contribution in [0.3, 0.4) is 0 Å². The Labute approximate surface area is 113 Å². The van der Waals surface area contributed by atoms with E-state index in [1.807, 2.05) is 18.2 Å². The van der Waals surface area contributed by atoms with Gasteiger partial charge in [0, 0.05) is 5.56 Å². The fourth-order valence-electron chi connectivity index (χ4n) is 1.66. The second-order valence-electron chi connectivity index (χ2n) is 5.63. The monoisotopic (exact) mass is 256 g/mol. The van der Waals surface area contributed by atoms with E-state index in [0.717, 1.165) is 5.56 Å². The predicted octanol–water partition coefficient (Wildman–Crippen LogP) is 5.03. The number of benzene rings is 1. The Bertz CT molecular complexity index is 438. The number of unbranched alkanes of at least 4 members (excludes halogenated alkanes) is 2. The molecule has 0 bridgehead atoms. The fraction of sp³-hybridized carbons (Fsp3) is 0.412. The van der Waals surface area contributed by atoms with Crippen molar-refractivity contribution in [2.24, 2.45) is 0 Å². The lowest BCUT2D eigenvalue weighted by Crippen LogP contribution is -2.23. The van der Waals surface area contributed by atoms with Crippen LogP contribution in [-0.4, -0.2) is 8.07 Å². The second-order valence-corrected chi connectivity index (χ2v) is 10.7. The van der Waals surface area contributed by atoms with E-state index in [1.165, 1.54) is 24.5 Å². The van der Waals surface area contributed by atoms with Crippen molar-refractivity contribution in [2.75, 3.05) is 0 Å². The number of hydrogen-bond acceptors (Lipinski definition) is 0. The molecule has 0 saturated heterocycles. The first kappa shape index (κ1) is 14.8. The Morgan fingerprint density at radius 3 is 2.39 bits per heavy atom. The molecule has 1 aromatic rings. The van der Waals surface area contributed by atoms with Gasteiger partial charge in [-0.2, -0.15) is 0 Å². The van der Waals surface area contributed by atoms with Gasteiger partial charge in [0.1, 0.15) is 0 Å². The molecule has 0 saturated carbocycles. The van der Waals surface area contributed by atoms with Crippen LogP contribution in [0.1, 0.15) is 31.7 Å². The van der Waals surface area contributed by atoms with Crippen molar-refractivity contribution in [3.8, 4) is 11.8 Å². The minimum Gasteiger partial charge on any atom is -0.0771 e. The molecule has 1 aromatic carbocycles. The predicted molar refractivity (Wildman–Crippen MR) is 84.3 cm³/mol. The highest BCUT2D eigenvalue weighted by molar-refractivity contribution is 6.84. The van der Waals surface area contributed by atoms with Crippen molar-refractivity contribution in [3.63, 3.8) is 0 Å². The number of rotatable bonds is 4. The third-order valence-electron chi connectivity index (χ3n) is 2.83. The van der Waals surface area contributed by atoms with Gasteiger partial charge in [0.2, 0.25) is 0 Å². The molecule has 0 spiro atoms. The molecule has 0 atom stereocenters. The van der Waals surface area contributed by atoms with Gasteiger partial charge in [-0.15, -0.1) is 0 Å². The van der Waals surface area contributed by atoms with Gasteiger partial charge in [0.15, 0.2) is 0 Å². The molecular formula is C17H24Si. The molecular weight excluding hydrogens is 232 g/mol. The first-order valence-corrected chi connectivity index (χ1v) is 10.3. The molecule has 0 amide bonds. The summed E-state index contributed by atoms with van der Waals surface area (Å²) in [5.74, 6) is 6.70. The minimum absolute atomic E-state index is 1.11. The molecule has 0 aliphatic heterocycles. The quantitative estimate of drug-likeness (QED) is 0.402. The van der Waals surface area contributed by atoms with Crippen LogP contribution in [0, 0.1) is 11.8 Å². The lowest BCUT2D eigenvalue weighted by Gasteiger charge is -2.15. The standard InChI is InChI=1S/C17H24Si/c1-5-6-8-13-17(18(2,3)4)15-14-16-11-9-7-10-12-16/h7,9-13H,5-6,8H2,1-4H3/b17-13-. The van der Waals surface area contributed by atoms with E-state index < -0.39 is 8.07 Å². The Balaban J connectivity index is 2.87. The average Bonchev–Trinajstić information content (AvgIpc) is 2.33. The van der Waals surface area contributed by atoms with E-state index in [-0.39, 0.29) is 0 Å². The van der Waals surface area contributed by atoms with Crippen LogP contribution in [0.5, 0.6) is 0 Å². The second kappa shape index (κ2) is 7.23. The van der Waals surface area contributed by atoms with Crippen LogP contribution >= 0.6 is 0 Å². The zero-order valence-corrected chi connectivity index (χ0v) is 13.1. The van der Waals surface area contributed by atoms with E-state index in [2.05, 4.69) is 56.6 Å². The van der Waals surface area contributed by atoms with E-state index in [9.17, 15) is 0 Å². The zero-order valence-electron chi connectivity index (χ0n) is 12.1. The highest BCUT2D eigenvalue weighted by Gasteiger charge is 2.17. The van der Waals surface area contributed by atoms with Crippen LogP contribution in [0.15, 0.2) is 41.6 Å². The smallest absolute Gasteiger partial charge is 0.0771 e. The first-order valence-electron chi connectivity index (χ1n) is 6.81. The van der Waals surface area contributed by atoms with Gasteiger partial charge in [0.25, 0.3) is 0 Å². The molecule has 96 valence electrons. The van der Waals surface area contributed by atoms with Crippen LogP contribution in [0.2, 0.25) is 19.6 Å². The maximum Gasteiger partial charge on any atom is 0.0880 e. The van der Waals surface area contributed by atoms with Crippen molar-refractivity contribution in [1.82, 2.24) is 0 Å². The molecule has 0 fully saturated rings. The summed E-state index contributed by atoms with van der Waals surface area (Å²) in [7, 11) is -1.30. The highest BCUT2D eigenvalue weighted by Crippen LogP contribution is 2.15. The Hall–Kier alpha value is -1.26. The molecule has 1 rings (SSSR count). The van der Waals surface area contributed by atoms with Gasteiger partial charge < -0.3 is 0 Å². The third kappa shape index (κ3) is 5.38. The summed E-state index contributed by atoms with van der Waals surface area (Å²) in [6.45, 7) is 9.33. The Morgan fingerprint density at radius 2 is 1.83 bits per heavy atom. The molecule has 0 aliphatic rings. The number of hydrogen-bond donors (Lipinski definition) is 0. The molecule has 0 radical (unpaired) electrons. The molecule has 0 heterocycles. The van der Waals surface area contributed by atoms with Crippen LogP contribution in [0.4, 0.5) is 0 Å². The van der Waals surface area contributed by atoms with Crippen molar-refractivity contribution in [2.45, 2.75) is 45.8 Å². The van der Waals surface area contributed by atoms with E-state index in [0.29, 0.717) is 0 Å². The van der Waals surface area contributed by atoms with Crippen LogP contribution in [-0.2, 0) is 0 Å². The highest BCUT2D eigenvalue weighted by atomic mass is 28.3. The first-order chi connectivity index (χ1) is 8.54. The van der Waals surface area contributed by atoms with Crippen LogP contribution in [0.25, 0.3) is 0 Å². The maximum absolute atomic E-state index is 3.41. The summed E-state index contributed by atoms with van der Waals surface area (Å²) >= 11 is 0. The summed E-state index contributed by atoms with van der Waals surface area (Å²) in [6, 6.07) is 10.3. The zero-order chi connectivity index (χ0) is 13.4. The summed E-state index contributed by atoms with van der Waals surface area (Å²) < 4.78 is 0. The van der Waals surface area contributed by atoms with Crippen molar-refractivity contribution < 1.29 is 0 Å². The molecule has 0 aromatic heterocycles. The van der Waals surface area contributed by atoms with E-state index >= 15 is 0 Å². The van der Waals surface area contributed by atoms with Gasteiger partial charge in [0.05, 0.1) is 8.07 Å².